The molecule has 0 aromatic heterocycles. The lowest BCUT2D eigenvalue weighted by Gasteiger charge is -2.21. The molecule has 0 bridgehead atoms. The van der Waals surface area contributed by atoms with Crippen LogP contribution in [0.2, 0.25) is 0 Å². The van der Waals surface area contributed by atoms with Gasteiger partial charge in [-0.05, 0) is 36.7 Å². The number of thioether (sulfide) groups is 1. The topological polar surface area (TPSA) is 20.2 Å². The summed E-state index contributed by atoms with van der Waals surface area (Å²) < 4.78 is 12.7. The first-order valence-corrected chi connectivity index (χ1v) is 5.31. The molecule has 11 heavy (non-hydrogen) atoms. The van der Waals surface area contributed by atoms with E-state index in [-0.39, 0.29) is 6.61 Å². The number of aliphatic hydroxyl groups excluding tert-OH is 1. The molecule has 0 aromatic carbocycles. The second kappa shape index (κ2) is 4.99. The summed E-state index contributed by atoms with van der Waals surface area (Å²) in [4.78, 5) is 0. The van der Waals surface area contributed by atoms with Crippen molar-refractivity contribution in [1.82, 2.24) is 0 Å². The fraction of sp³-hybridized carbons (Fsp3) is 1.00. The maximum atomic E-state index is 12.7. The predicted octanol–water partition coefficient (Wildman–Crippen LogP) is 1.85. The highest BCUT2D eigenvalue weighted by Crippen LogP contribution is 2.26. The van der Waals surface area contributed by atoms with Gasteiger partial charge in [0.05, 0.1) is 6.61 Å². The molecular weight excluding hydrogens is 163 g/mol. The van der Waals surface area contributed by atoms with Gasteiger partial charge in [0.1, 0.15) is 6.17 Å². The van der Waals surface area contributed by atoms with Crippen LogP contribution in [0.15, 0.2) is 0 Å². The van der Waals surface area contributed by atoms with Gasteiger partial charge in [0, 0.05) is 0 Å². The Bertz CT molecular complexity index is 104. The Morgan fingerprint density at radius 3 is 2.64 bits per heavy atom. The van der Waals surface area contributed by atoms with Crippen LogP contribution in [0.3, 0.4) is 0 Å². The summed E-state index contributed by atoms with van der Waals surface area (Å²) in [7, 11) is 0. The number of alkyl halides is 1. The van der Waals surface area contributed by atoms with E-state index in [0.717, 1.165) is 12.8 Å². The molecule has 3 heteroatoms. The maximum absolute atomic E-state index is 12.7. The molecule has 1 aliphatic heterocycles. The van der Waals surface area contributed by atoms with E-state index in [1.54, 1.807) is 0 Å². The Labute approximate surface area is 71.4 Å². The lowest BCUT2D eigenvalue weighted by Crippen LogP contribution is -2.17. The zero-order chi connectivity index (χ0) is 8.10. The molecule has 1 unspecified atom stereocenters. The second-order valence-electron chi connectivity index (χ2n) is 3.07. The zero-order valence-electron chi connectivity index (χ0n) is 6.63. The van der Waals surface area contributed by atoms with Crippen LogP contribution in [0.4, 0.5) is 4.39 Å². The van der Waals surface area contributed by atoms with Gasteiger partial charge in [-0.25, -0.2) is 4.39 Å². The molecule has 1 heterocycles. The molecule has 1 fully saturated rings. The highest BCUT2D eigenvalue weighted by Gasteiger charge is 2.17. The molecule has 0 spiro atoms. The molecule has 1 saturated heterocycles. The number of hydrogen-bond donors (Lipinski definition) is 1. The highest BCUT2D eigenvalue weighted by molar-refractivity contribution is 7.99. The third kappa shape index (κ3) is 3.43. The Kier molecular flexibility index (Phi) is 4.23. The summed E-state index contributed by atoms with van der Waals surface area (Å²) in [5.74, 6) is 2.87. The van der Waals surface area contributed by atoms with Gasteiger partial charge in [0.25, 0.3) is 0 Å². The predicted molar refractivity (Wildman–Crippen MR) is 46.6 cm³/mol. The fourth-order valence-electron chi connectivity index (χ4n) is 1.42. The van der Waals surface area contributed by atoms with Gasteiger partial charge in [0.15, 0.2) is 0 Å². The monoisotopic (exact) mass is 178 g/mol. The van der Waals surface area contributed by atoms with Gasteiger partial charge in [0.2, 0.25) is 0 Å². The van der Waals surface area contributed by atoms with Gasteiger partial charge in [-0.3, -0.25) is 0 Å². The summed E-state index contributed by atoms with van der Waals surface area (Å²) in [5.41, 5.74) is 0. The van der Waals surface area contributed by atoms with Crippen LogP contribution in [0, 0.1) is 5.92 Å². The van der Waals surface area contributed by atoms with Crippen molar-refractivity contribution in [1.29, 1.82) is 0 Å². The van der Waals surface area contributed by atoms with Crippen LogP contribution in [-0.4, -0.2) is 29.4 Å². The molecule has 0 saturated carbocycles. The highest BCUT2D eigenvalue weighted by atomic mass is 32.2. The standard InChI is InChI=1S/C8H15FOS/c9-8(6-10)5-7-1-3-11-4-2-7/h7-8,10H,1-6H2. The van der Waals surface area contributed by atoms with Gasteiger partial charge in [-0.15, -0.1) is 0 Å². The fourth-order valence-corrected chi connectivity index (χ4v) is 2.62. The minimum absolute atomic E-state index is 0.302. The molecule has 0 aliphatic carbocycles. The number of hydrogen-bond acceptors (Lipinski definition) is 2. The van der Waals surface area contributed by atoms with Crippen LogP contribution in [0.1, 0.15) is 19.3 Å². The van der Waals surface area contributed by atoms with Gasteiger partial charge in [-0.2, -0.15) is 11.8 Å². The second-order valence-corrected chi connectivity index (χ2v) is 4.30. The van der Waals surface area contributed by atoms with Crippen LogP contribution >= 0.6 is 11.8 Å². The van der Waals surface area contributed by atoms with E-state index in [1.807, 2.05) is 11.8 Å². The molecular formula is C8H15FOS. The normalized spacial score (nSPS) is 23.5. The van der Waals surface area contributed by atoms with Crippen LogP contribution in [0.25, 0.3) is 0 Å². The first-order valence-electron chi connectivity index (χ1n) is 4.15. The number of halogens is 1. The van der Waals surface area contributed by atoms with Gasteiger partial charge >= 0.3 is 0 Å². The van der Waals surface area contributed by atoms with Gasteiger partial charge < -0.3 is 5.11 Å². The lowest BCUT2D eigenvalue weighted by molar-refractivity contribution is 0.150. The summed E-state index contributed by atoms with van der Waals surface area (Å²) in [6.07, 6.45) is 1.84. The summed E-state index contributed by atoms with van der Waals surface area (Å²) in [5, 5.41) is 8.49. The van der Waals surface area contributed by atoms with E-state index in [4.69, 9.17) is 5.11 Å². The average molecular weight is 178 g/mol. The van der Waals surface area contributed by atoms with Crippen molar-refractivity contribution in [3.05, 3.63) is 0 Å². The van der Waals surface area contributed by atoms with Crippen molar-refractivity contribution < 1.29 is 9.50 Å². The van der Waals surface area contributed by atoms with Crippen molar-refractivity contribution in [3.8, 4) is 0 Å². The Morgan fingerprint density at radius 1 is 1.45 bits per heavy atom. The Balaban J connectivity index is 2.13. The van der Waals surface area contributed by atoms with Crippen LogP contribution in [0.5, 0.6) is 0 Å². The Hall–Kier alpha value is 0.240. The molecule has 0 amide bonds. The molecule has 66 valence electrons. The minimum atomic E-state index is -0.983. The zero-order valence-corrected chi connectivity index (χ0v) is 7.45. The Morgan fingerprint density at radius 2 is 2.09 bits per heavy atom. The molecule has 1 nitrogen and oxygen atoms in total. The summed E-state index contributed by atoms with van der Waals surface area (Å²) in [6, 6.07) is 0. The minimum Gasteiger partial charge on any atom is -0.393 e. The quantitative estimate of drug-likeness (QED) is 0.711. The largest absolute Gasteiger partial charge is 0.393 e. The van der Waals surface area contributed by atoms with E-state index in [1.165, 1.54) is 11.5 Å². The lowest BCUT2D eigenvalue weighted by atomic mass is 9.96. The summed E-state index contributed by atoms with van der Waals surface area (Å²) in [6.45, 7) is -0.302. The SMILES string of the molecule is OCC(F)CC1CCSCC1. The third-order valence-corrected chi connectivity index (χ3v) is 3.18. The molecule has 1 atom stereocenters. The smallest absolute Gasteiger partial charge is 0.123 e. The van der Waals surface area contributed by atoms with Crippen molar-refractivity contribution in [2.75, 3.05) is 18.1 Å². The average Bonchev–Trinajstić information content (AvgIpc) is 2.06. The third-order valence-electron chi connectivity index (χ3n) is 2.13. The molecule has 1 aliphatic rings. The first-order chi connectivity index (χ1) is 5.33. The first kappa shape index (κ1) is 9.33. The molecule has 0 aromatic rings. The number of rotatable bonds is 3. The molecule has 1 rings (SSSR count). The van der Waals surface area contributed by atoms with Crippen molar-refractivity contribution in [3.63, 3.8) is 0 Å². The van der Waals surface area contributed by atoms with Gasteiger partial charge in [-0.1, -0.05) is 0 Å². The van der Waals surface area contributed by atoms with Crippen molar-refractivity contribution in [2.45, 2.75) is 25.4 Å². The van der Waals surface area contributed by atoms with Crippen molar-refractivity contribution >= 4 is 11.8 Å². The molecule has 0 radical (unpaired) electrons. The van der Waals surface area contributed by atoms with E-state index < -0.39 is 6.17 Å². The van der Waals surface area contributed by atoms with Crippen molar-refractivity contribution in [2.24, 2.45) is 5.92 Å². The van der Waals surface area contributed by atoms with E-state index >= 15 is 0 Å². The van der Waals surface area contributed by atoms with Crippen LogP contribution < -0.4 is 0 Å². The maximum Gasteiger partial charge on any atom is 0.123 e. The number of aliphatic hydroxyl groups is 1. The summed E-state index contributed by atoms with van der Waals surface area (Å²) >= 11 is 1.95. The van der Waals surface area contributed by atoms with Crippen LogP contribution in [-0.2, 0) is 0 Å². The molecule has 1 N–H and O–H groups in total. The van der Waals surface area contributed by atoms with E-state index in [0.29, 0.717) is 12.3 Å². The van der Waals surface area contributed by atoms with E-state index in [2.05, 4.69) is 0 Å². The van der Waals surface area contributed by atoms with E-state index in [9.17, 15) is 4.39 Å².